The summed E-state index contributed by atoms with van der Waals surface area (Å²) in [4.78, 5) is 0. The number of rotatable bonds is 1. The van der Waals surface area contributed by atoms with Gasteiger partial charge in [-0.2, -0.15) is 0 Å². The van der Waals surface area contributed by atoms with E-state index in [0.717, 1.165) is 5.69 Å². The van der Waals surface area contributed by atoms with Crippen LogP contribution in [0.4, 0.5) is 5.88 Å². The molecular formula is C4H6N2O2. The Morgan fingerprint density at radius 3 is 2.88 bits per heavy atom. The summed E-state index contributed by atoms with van der Waals surface area (Å²) >= 11 is 0. The van der Waals surface area contributed by atoms with Crippen molar-refractivity contribution in [3.63, 3.8) is 0 Å². The minimum atomic E-state index is 0.266. The molecule has 2 N–H and O–H groups in total. The molecular weight excluding hydrogens is 108 g/mol. The van der Waals surface area contributed by atoms with Crippen molar-refractivity contribution < 1.29 is 9.73 Å². The van der Waals surface area contributed by atoms with Crippen molar-refractivity contribution >= 4 is 5.88 Å². The van der Waals surface area contributed by atoms with Crippen molar-refractivity contribution in [3.05, 3.63) is 11.8 Å². The molecule has 0 aliphatic heterocycles. The number of nitrogens with one attached hydrogen (secondary N) is 1. The fraction of sp³-hybridized carbons (Fsp3) is 0.250. The Morgan fingerprint density at radius 1 is 1.88 bits per heavy atom. The van der Waals surface area contributed by atoms with Gasteiger partial charge in [0, 0.05) is 6.07 Å². The van der Waals surface area contributed by atoms with E-state index in [9.17, 15) is 0 Å². The van der Waals surface area contributed by atoms with Crippen LogP contribution >= 0.6 is 0 Å². The van der Waals surface area contributed by atoms with E-state index < -0.39 is 0 Å². The van der Waals surface area contributed by atoms with Crippen LogP contribution in [0.5, 0.6) is 0 Å². The molecule has 0 amide bonds. The van der Waals surface area contributed by atoms with E-state index in [0.29, 0.717) is 0 Å². The van der Waals surface area contributed by atoms with Gasteiger partial charge in [-0.1, -0.05) is 5.16 Å². The van der Waals surface area contributed by atoms with E-state index in [4.69, 9.17) is 5.21 Å². The van der Waals surface area contributed by atoms with E-state index in [1.165, 1.54) is 0 Å². The summed E-state index contributed by atoms with van der Waals surface area (Å²) in [7, 11) is 0. The third-order valence-corrected chi connectivity index (χ3v) is 0.738. The molecule has 0 radical (unpaired) electrons. The first-order valence-corrected chi connectivity index (χ1v) is 2.16. The number of aryl methyl sites for hydroxylation is 1. The summed E-state index contributed by atoms with van der Waals surface area (Å²) in [5.41, 5.74) is 2.56. The highest BCUT2D eigenvalue weighted by Gasteiger charge is 1.93. The maximum absolute atomic E-state index is 8.17. The molecule has 0 saturated carbocycles. The van der Waals surface area contributed by atoms with Gasteiger partial charge in [-0.15, -0.1) is 0 Å². The second kappa shape index (κ2) is 1.83. The van der Waals surface area contributed by atoms with Crippen LogP contribution < -0.4 is 5.48 Å². The Balaban J connectivity index is 2.84. The van der Waals surface area contributed by atoms with Crippen LogP contribution in [-0.2, 0) is 0 Å². The van der Waals surface area contributed by atoms with Crippen LogP contribution in [0.25, 0.3) is 0 Å². The van der Waals surface area contributed by atoms with Crippen LogP contribution in [-0.4, -0.2) is 10.4 Å². The van der Waals surface area contributed by atoms with E-state index in [-0.39, 0.29) is 5.88 Å². The molecule has 0 aliphatic carbocycles. The monoisotopic (exact) mass is 114 g/mol. The topological polar surface area (TPSA) is 58.3 Å². The van der Waals surface area contributed by atoms with E-state index in [2.05, 4.69) is 9.68 Å². The van der Waals surface area contributed by atoms with Crippen LogP contribution in [0.3, 0.4) is 0 Å². The van der Waals surface area contributed by atoms with Crippen LogP contribution in [0.15, 0.2) is 10.6 Å². The number of hydrogen-bond acceptors (Lipinski definition) is 4. The number of anilines is 1. The lowest BCUT2D eigenvalue weighted by Gasteiger charge is -1.81. The highest BCUT2D eigenvalue weighted by Crippen LogP contribution is 2.05. The van der Waals surface area contributed by atoms with Gasteiger partial charge in [-0.05, 0) is 6.92 Å². The lowest BCUT2D eigenvalue weighted by atomic mass is 10.5. The lowest BCUT2D eigenvalue weighted by Crippen LogP contribution is -1.83. The van der Waals surface area contributed by atoms with E-state index >= 15 is 0 Å². The maximum atomic E-state index is 8.17. The summed E-state index contributed by atoms with van der Waals surface area (Å²) in [5, 5.41) is 11.7. The highest BCUT2D eigenvalue weighted by molar-refractivity contribution is 5.27. The highest BCUT2D eigenvalue weighted by atomic mass is 16.5. The van der Waals surface area contributed by atoms with Crippen molar-refractivity contribution in [2.75, 3.05) is 5.48 Å². The standard InChI is InChI=1S/C4H6N2O2/c1-3-2-4(5-7)8-6-3/h2,5,7H,1H3. The fourth-order valence-electron chi connectivity index (χ4n) is 0.416. The SMILES string of the molecule is Cc1cc(NO)on1. The predicted octanol–water partition coefficient (Wildman–Crippen LogP) is 0.784. The third-order valence-electron chi connectivity index (χ3n) is 0.738. The lowest BCUT2D eigenvalue weighted by molar-refractivity contribution is 0.336. The molecule has 0 atom stereocenters. The molecule has 1 aromatic heterocycles. The van der Waals surface area contributed by atoms with E-state index in [1.807, 2.05) is 5.48 Å². The van der Waals surface area contributed by atoms with Crippen molar-refractivity contribution in [1.82, 2.24) is 5.16 Å². The van der Waals surface area contributed by atoms with Crippen molar-refractivity contribution in [2.24, 2.45) is 0 Å². The Labute approximate surface area is 46.1 Å². The largest absolute Gasteiger partial charge is 0.336 e. The number of aromatic nitrogens is 1. The Hall–Kier alpha value is -1.03. The minimum absolute atomic E-state index is 0.266. The molecule has 4 nitrogen and oxygen atoms in total. The molecule has 0 bridgehead atoms. The molecule has 0 unspecified atom stereocenters. The predicted molar refractivity (Wildman–Crippen MR) is 26.6 cm³/mol. The molecule has 8 heavy (non-hydrogen) atoms. The quantitative estimate of drug-likeness (QED) is 0.530. The molecule has 1 heterocycles. The van der Waals surface area contributed by atoms with Gasteiger partial charge in [0.15, 0.2) is 0 Å². The first-order valence-electron chi connectivity index (χ1n) is 2.16. The zero-order valence-corrected chi connectivity index (χ0v) is 4.38. The summed E-state index contributed by atoms with van der Waals surface area (Å²) in [5.74, 6) is 0.266. The Bertz CT molecular complexity index is 172. The van der Waals surface area contributed by atoms with Crippen molar-refractivity contribution in [2.45, 2.75) is 6.92 Å². The van der Waals surface area contributed by atoms with Crippen LogP contribution in [0.2, 0.25) is 0 Å². The smallest absolute Gasteiger partial charge is 0.248 e. The van der Waals surface area contributed by atoms with Gasteiger partial charge in [0.05, 0.1) is 5.69 Å². The summed E-state index contributed by atoms with van der Waals surface area (Å²) in [6.07, 6.45) is 0. The first-order chi connectivity index (χ1) is 3.83. The normalized spacial score (nSPS) is 9.25. The number of nitrogens with zero attached hydrogens (tertiary/aromatic N) is 1. The Kier molecular flexibility index (Phi) is 1.17. The van der Waals surface area contributed by atoms with Gasteiger partial charge >= 0.3 is 0 Å². The van der Waals surface area contributed by atoms with Gasteiger partial charge in [0.25, 0.3) is 0 Å². The van der Waals surface area contributed by atoms with Gasteiger partial charge in [0.2, 0.25) is 5.88 Å². The summed E-state index contributed by atoms with van der Waals surface area (Å²) in [6, 6.07) is 1.58. The zero-order valence-electron chi connectivity index (χ0n) is 4.38. The van der Waals surface area contributed by atoms with Crippen LogP contribution in [0.1, 0.15) is 5.69 Å². The van der Waals surface area contributed by atoms with Gasteiger partial charge in [0.1, 0.15) is 0 Å². The fourth-order valence-corrected chi connectivity index (χ4v) is 0.416. The average molecular weight is 114 g/mol. The molecule has 1 rings (SSSR count). The molecule has 0 spiro atoms. The van der Waals surface area contributed by atoms with Crippen molar-refractivity contribution in [1.29, 1.82) is 0 Å². The molecule has 0 aromatic carbocycles. The van der Waals surface area contributed by atoms with E-state index in [1.54, 1.807) is 13.0 Å². The maximum Gasteiger partial charge on any atom is 0.248 e. The second-order valence-electron chi connectivity index (χ2n) is 1.44. The minimum Gasteiger partial charge on any atom is -0.336 e. The molecule has 0 fully saturated rings. The first kappa shape index (κ1) is 5.11. The molecule has 0 saturated heterocycles. The van der Waals surface area contributed by atoms with Gasteiger partial charge < -0.3 is 4.52 Å². The average Bonchev–Trinajstić information content (AvgIpc) is 2.14. The Morgan fingerprint density at radius 2 is 2.62 bits per heavy atom. The van der Waals surface area contributed by atoms with Crippen LogP contribution in [0, 0.1) is 6.92 Å². The summed E-state index contributed by atoms with van der Waals surface area (Å²) in [6.45, 7) is 1.77. The zero-order chi connectivity index (χ0) is 5.98. The number of hydrogen-bond donors (Lipinski definition) is 2. The van der Waals surface area contributed by atoms with Gasteiger partial charge in [-0.3, -0.25) is 5.21 Å². The molecule has 4 heteroatoms. The molecule has 0 aliphatic rings. The molecule has 1 aromatic rings. The molecule has 44 valence electrons. The summed E-state index contributed by atoms with van der Waals surface area (Å²) < 4.78 is 4.50. The van der Waals surface area contributed by atoms with Crippen molar-refractivity contribution in [3.8, 4) is 0 Å². The third kappa shape index (κ3) is 0.788. The second-order valence-corrected chi connectivity index (χ2v) is 1.44. The van der Waals surface area contributed by atoms with Gasteiger partial charge in [-0.25, -0.2) is 5.48 Å².